The molecule has 8 heteroatoms. The van der Waals surface area contributed by atoms with Crippen molar-refractivity contribution in [2.45, 2.75) is 0 Å². The lowest BCUT2D eigenvalue weighted by atomic mass is 10.3. The van der Waals surface area contributed by atoms with Gasteiger partial charge in [0.05, 0.1) is 12.1 Å². The molecule has 0 saturated heterocycles. The highest BCUT2D eigenvalue weighted by molar-refractivity contribution is 6.32. The molecule has 0 aliphatic heterocycles. The minimum Gasteiger partial charge on any atom is -0.495 e. The molecule has 0 radical (unpaired) electrons. The van der Waals surface area contributed by atoms with Gasteiger partial charge in [0, 0.05) is 25.8 Å². The van der Waals surface area contributed by atoms with Crippen LogP contribution in [0.2, 0.25) is 5.02 Å². The zero-order valence-corrected chi connectivity index (χ0v) is 12.1. The van der Waals surface area contributed by atoms with E-state index in [0.29, 0.717) is 22.7 Å². The number of ether oxygens (including phenoxy) is 1. The monoisotopic (exact) mass is 294 g/mol. The fraction of sp³-hybridized carbons (Fsp3) is 0.250. The number of nitrogens with zero attached hydrogens (tertiary/aromatic N) is 4. The van der Waals surface area contributed by atoms with Gasteiger partial charge in [-0.3, -0.25) is 0 Å². The zero-order valence-electron chi connectivity index (χ0n) is 11.4. The molecule has 0 saturated carbocycles. The van der Waals surface area contributed by atoms with Crippen molar-refractivity contribution in [2.24, 2.45) is 0 Å². The first-order chi connectivity index (χ1) is 9.49. The van der Waals surface area contributed by atoms with Crippen molar-refractivity contribution in [2.75, 3.05) is 37.2 Å². The van der Waals surface area contributed by atoms with Crippen LogP contribution in [0.1, 0.15) is 0 Å². The Bertz CT molecular complexity index is 619. The van der Waals surface area contributed by atoms with E-state index in [9.17, 15) is 0 Å². The summed E-state index contributed by atoms with van der Waals surface area (Å²) in [6.45, 7) is 0. The predicted octanol–water partition coefficient (Wildman–Crippen LogP) is 1.93. The van der Waals surface area contributed by atoms with Crippen LogP contribution in [0.3, 0.4) is 0 Å². The molecular weight excluding hydrogens is 280 g/mol. The fourth-order valence-electron chi connectivity index (χ4n) is 1.50. The number of rotatable bonds is 4. The van der Waals surface area contributed by atoms with Crippen LogP contribution in [0.15, 0.2) is 18.2 Å². The van der Waals surface area contributed by atoms with E-state index < -0.39 is 0 Å². The Morgan fingerprint density at radius 3 is 2.65 bits per heavy atom. The lowest BCUT2D eigenvalue weighted by molar-refractivity contribution is 0.415. The van der Waals surface area contributed by atoms with Gasteiger partial charge < -0.3 is 20.7 Å². The molecule has 2 rings (SSSR count). The van der Waals surface area contributed by atoms with Crippen molar-refractivity contribution < 1.29 is 4.74 Å². The number of methoxy groups -OCH3 is 1. The van der Waals surface area contributed by atoms with E-state index in [-0.39, 0.29) is 5.95 Å². The van der Waals surface area contributed by atoms with Gasteiger partial charge in [0.2, 0.25) is 17.8 Å². The molecule has 0 amide bonds. The molecular formula is C12H15ClN6O. The maximum Gasteiger partial charge on any atom is 0.233 e. The van der Waals surface area contributed by atoms with Crippen molar-refractivity contribution in [1.82, 2.24) is 15.0 Å². The zero-order chi connectivity index (χ0) is 14.7. The normalized spacial score (nSPS) is 10.2. The average Bonchev–Trinajstić information content (AvgIpc) is 2.40. The molecule has 0 aliphatic carbocycles. The van der Waals surface area contributed by atoms with Gasteiger partial charge in [-0.05, 0) is 12.1 Å². The Kier molecular flexibility index (Phi) is 4.09. The average molecular weight is 295 g/mol. The van der Waals surface area contributed by atoms with Crippen LogP contribution < -0.4 is 20.7 Å². The van der Waals surface area contributed by atoms with Gasteiger partial charge in [0.1, 0.15) is 5.75 Å². The Balaban J connectivity index is 2.30. The molecule has 2 aromatic rings. The van der Waals surface area contributed by atoms with Gasteiger partial charge >= 0.3 is 0 Å². The summed E-state index contributed by atoms with van der Waals surface area (Å²) in [7, 11) is 5.20. The molecule has 3 N–H and O–H groups in total. The highest BCUT2D eigenvalue weighted by Gasteiger charge is 2.08. The van der Waals surface area contributed by atoms with Crippen molar-refractivity contribution in [1.29, 1.82) is 0 Å². The molecule has 0 bridgehead atoms. The number of nitrogens with one attached hydrogen (secondary N) is 1. The van der Waals surface area contributed by atoms with Gasteiger partial charge in [-0.1, -0.05) is 11.6 Å². The largest absolute Gasteiger partial charge is 0.495 e. The summed E-state index contributed by atoms with van der Waals surface area (Å²) in [5.74, 6) is 1.53. The second kappa shape index (κ2) is 5.79. The Labute approximate surface area is 121 Å². The molecule has 106 valence electrons. The van der Waals surface area contributed by atoms with Crippen LogP contribution in [0, 0.1) is 0 Å². The molecule has 1 heterocycles. The van der Waals surface area contributed by atoms with E-state index in [1.54, 1.807) is 30.2 Å². The number of hydrogen-bond donors (Lipinski definition) is 2. The third-order valence-corrected chi connectivity index (χ3v) is 2.76. The Morgan fingerprint density at radius 1 is 1.25 bits per heavy atom. The SMILES string of the molecule is COc1cc(Nc2nc(N)nc(N(C)C)n2)ccc1Cl. The first kappa shape index (κ1) is 14.1. The first-order valence-corrected chi connectivity index (χ1v) is 6.17. The summed E-state index contributed by atoms with van der Waals surface area (Å²) in [6, 6.07) is 5.26. The minimum absolute atomic E-state index is 0.145. The second-order valence-corrected chi connectivity index (χ2v) is 4.59. The van der Waals surface area contributed by atoms with Crippen LogP contribution in [0.25, 0.3) is 0 Å². The van der Waals surface area contributed by atoms with Gasteiger partial charge in [-0.2, -0.15) is 15.0 Å². The summed E-state index contributed by atoms with van der Waals surface area (Å²) < 4.78 is 5.15. The fourth-order valence-corrected chi connectivity index (χ4v) is 1.70. The van der Waals surface area contributed by atoms with Gasteiger partial charge in [0.25, 0.3) is 0 Å². The minimum atomic E-state index is 0.145. The number of benzene rings is 1. The molecule has 0 fully saturated rings. The summed E-state index contributed by atoms with van der Waals surface area (Å²) in [4.78, 5) is 14.0. The van der Waals surface area contributed by atoms with Gasteiger partial charge in [0.15, 0.2) is 0 Å². The summed E-state index contributed by atoms with van der Waals surface area (Å²) in [6.07, 6.45) is 0. The molecule has 20 heavy (non-hydrogen) atoms. The van der Waals surface area contributed by atoms with Crippen molar-refractivity contribution >= 4 is 35.1 Å². The maximum atomic E-state index is 5.97. The van der Waals surface area contributed by atoms with E-state index >= 15 is 0 Å². The maximum absolute atomic E-state index is 5.97. The molecule has 0 unspecified atom stereocenters. The highest BCUT2D eigenvalue weighted by Crippen LogP contribution is 2.28. The van der Waals surface area contributed by atoms with E-state index in [0.717, 1.165) is 5.69 Å². The Morgan fingerprint density at radius 2 is 2.00 bits per heavy atom. The van der Waals surface area contributed by atoms with E-state index in [4.69, 9.17) is 22.1 Å². The van der Waals surface area contributed by atoms with Crippen molar-refractivity contribution in [3.05, 3.63) is 23.2 Å². The number of anilines is 4. The lowest BCUT2D eigenvalue weighted by Crippen LogP contribution is -2.15. The van der Waals surface area contributed by atoms with Crippen molar-refractivity contribution in [3.8, 4) is 5.75 Å². The Hall–Kier alpha value is -2.28. The molecule has 1 aromatic heterocycles. The molecule has 7 nitrogen and oxygen atoms in total. The van der Waals surface area contributed by atoms with E-state index in [1.807, 2.05) is 14.1 Å². The van der Waals surface area contributed by atoms with Gasteiger partial charge in [-0.15, -0.1) is 0 Å². The van der Waals surface area contributed by atoms with Crippen LogP contribution >= 0.6 is 11.6 Å². The number of hydrogen-bond acceptors (Lipinski definition) is 7. The summed E-state index contributed by atoms with van der Waals surface area (Å²) >= 11 is 5.97. The van der Waals surface area contributed by atoms with Crippen LogP contribution in [0.5, 0.6) is 5.75 Å². The number of aromatic nitrogens is 3. The topological polar surface area (TPSA) is 89.2 Å². The van der Waals surface area contributed by atoms with Crippen LogP contribution in [-0.2, 0) is 0 Å². The van der Waals surface area contributed by atoms with Crippen LogP contribution in [0.4, 0.5) is 23.5 Å². The first-order valence-electron chi connectivity index (χ1n) is 5.79. The van der Waals surface area contributed by atoms with Crippen LogP contribution in [-0.4, -0.2) is 36.2 Å². The van der Waals surface area contributed by atoms with E-state index in [1.165, 1.54) is 0 Å². The molecule has 0 aliphatic rings. The second-order valence-electron chi connectivity index (χ2n) is 4.19. The summed E-state index contributed by atoms with van der Waals surface area (Å²) in [5.41, 5.74) is 6.39. The molecule has 0 spiro atoms. The number of halogens is 1. The highest BCUT2D eigenvalue weighted by atomic mass is 35.5. The van der Waals surface area contributed by atoms with E-state index in [2.05, 4.69) is 20.3 Å². The quantitative estimate of drug-likeness (QED) is 0.890. The summed E-state index contributed by atoms with van der Waals surface area (Å²) in [5, 5.41) is 3.56. The molecule has 0 atom stereocenters. The van der Waals surface area contributed by atoms with Gasteiger partial charge in [-0.25, -0.2) is 0 Å². The number of nitrogen functional groups attached to an aromatic ring is 1. The number of nitrogens with two attached hydrogens (primary N) is 1. The van der Waals surface area contributed by atoms with Crippen molar-refractivity contribution in [3.63, 3.8) is 0 Å². The lowest BCUT2D eigenvalue weighted by Gasteiger charge is -2.12. The molecule has 1 aromatic carbocycles. The third-order valence-electron chi connectivity index (χ3n) is 2.45. The predicted molar refractivity (Wildman–Crippen MR) is 79.9 cm³/mol. The smallest absolute Gasteiger partial charge is 0.233 e. The third kappa shape index (κ3) is 3.18. The standard InChI is InChI=1S/C12H15ClN6O/c1-19(2)12-17-10(14)16-11(18-12)15-7-4-5-8(13)9(6-7)20-3/h4-6H,1-3H3,(H3,14,15,16,17,18).